The first kappa shape index (κ1) is 15.8. The Kier molecular flexibility index (Phi) is 3.57. The third kappa shape index (κ3) is 2.45. The van der Waals surface area contributed by atoms with E-state index in [1.54, 1.807) is 6.07 Å². The topological polar surface area (TPSA) is 58.7 Å². The third-order valence-corrected chi connectivity index (χ3v) is 5.43. The summed E-state index contributed by atoms with van der Waals surface area (Å²) in [7, 11) is 0. The maximum atomic E-state index is 12.0. The quantitative estimate of drug-likeness (QED) is 0.764. The molecule has 2 aliphatic heterocycles. The van der Waals surface area contributed by atoms with Crippen LogP contribution in [0.15, 0.2) is 77.8 Å². The van der Waals surface area contributed by atoms with Crippen molar-refractivity contribution in [1.29, 1.82) is 0 Å². The molecule has 0 saturated carbocycles. The number of fused-ring (bicyclic) bond motifs is 5. The van der Waals surface area contributed by atoms with Crippen LogP contribution in [0.5, 0.6) is 0 Å². The van der Waals surface area contributed by atoms with Gasteiger partial charge in [0.05, 0.1) is 18.2 Å². The summed E-state index contributed by atoms with van der Waals surface area (Å²) in [6, 6.07) is 24.6. The number of nitrogens with zero attached hydrogens (tertiary/aromatic N) is 2. The summed E-state index contributed by atoms with van der Waals surface area (Å²) in [4.78, 5) is 19.1. The largest absolute Gasteiger partial charge is 0.366 e. The van der Waals surface area contributed by atoms with E-state index in [0.717, 1.165) is 23.5 Å². The number of carbonyl (C=O) groups excluding carboxylic acids is 1. The first-order valence-electron chi connectivity index (χ1n) is 9.12. The number of rotatable bonds is 2. The molecule has 27 heavy (non-hydrogen) atoms. The Labute approximate surface area is 158 Å². The van der Waals surface area contributed by atoms with Gasteiger partial charge in [0.1, 0.15) is 5.84 Å². The first-order chi connectivity index (χ1) is 13.2. The minimum atomic E-state index is -0.430. The summed E-state index contributed by atoms with van der Waals surface area (Å²) in [5, 5.41) is 0. The van der Waals surface area contributed by atoms with Gasteiger partial charge in [0.15, 0.2) is 0 Å². The fourth-order valence-corrected chi connectivity index (χ4v) is 4.23. The number of hydrogen-bond acceptors (Lipinski definition) is 3. The molecule has 1 amide bonds. The monoisotopic (exact) mass is 353 g/mol. The van der Waals surface area contributed by atoms with Crippen molar-refractivity contribution in [1.82, 2.24) is 0 Å². The number of para-hydroxylation sites is 1. The number of aliphatic imine (C=N–C) groups is 1. The fraction of sp³-hybridized carbons (Fsp3) is 0.130. The van der Waals surface area contributed by atoms with Crippen LogP contribution < -0.4 is 10.6 Å². The van der Waals surface area contributed by atoms with E-state index in [-0.39, 0.29) is 6.04 Å². The third-order valence-electron chi connectivity index (χ3n) is 5.43. The highest BCUT2D eigenvalue weighted by Gasteiger charge is 2.36. The van der Waals surface area contributed by atoms with Gasteiger partial charge in [-0.2, -0.15) is 0 Å². The van der Waals surface area contributed by atoms with Gasteiger partial charge in [-0.15, -0.1) is 0 Å². The molecule has 4 nitrogen and oxygen atoms in total. The molecule has 2 heterocycles. The van der Waals surface area contributed by atoms with Crippen LogP contribution in [-0.2, 0) is 6.42 Å². The molecule has 2 aliphatic rings. The normalized spacial score (nSPS) is 17.4. The molecule has 132 valence electrons. The van der Waals surface area contributed by atoms with E-state index in [2.05, 4.69) is 53.4 Å². The van der Waals surface area contributed by atoms with E-state index < -0.39 is 5.91 Å². The van der Waals surface area contributed by atoms with Crippen molar-refractivity contribution < 1.29 is 4.79 Å². The van der Waals surface area contributed by atoms with Gasteiger partial charge in [-0.25, -0.2) is 0 Å². The Morgan fingerprint density at radius 3 is 2.48 bits per heavy atom. The number of benzene rings is 3. The highest BCUT2D eigenvalue weighted by atomic mass is 16.1. The Bertz CT molecular complexity index is 1090. The van der Waals surface area contributed by atoms with E-state index in [9.17, 15) is 4.79 Å². The zero-order valence-electron chi connectivity index (χ0n) is 14.8. The van der Waals surface area contributed by atoms with E-state index in [1.807, 2.05) is 18.2 Å². The van der Waals surface area contributed by atoms with Crippen molar-refractivity contribution in [3.63, 3.8) is 0 Å². The van der Waals surface area contributed by atoms with Gasteiger partial charge < -0.3 is 10.6 Å². The molecule has 3 aromatic carbocycles. The van der Waals surface area contributed by atoms with Crippen LogP contribution in [0.3, 0.4) is 0 Å². The molecule has 0 saturated heterocycles. The molecule has 0 radical (unpaired) electrons. The molecule has 1 unspecified atom stereocenters. The second-order valence-corrected chi connectivity index (χ2v) is 6.96. The van der Waals surface area contributed by atoms with Gasteiger partial charge in [0.2, 0.25) is 5.91 Å². The molecule has 1 atom stereocenters. The summed E-state index contributed by atoms with van der Waals surface area (Å²) < 4.78 is 0. The van der Waals surface area contributed by atoms with E-state index in [4.69, 9.17) is 10.7 Å². The van der Waals surface area contributed by atoms with Crippen LogP contribution in [0.2, 0.25) is 0 Å². The lowest BCUT2D eigenvalue weighted by Crippen LogP contribution is -2.33. The molecule has 0 fully saturated rings. The molecular formula is C23H19N3O. The highest BCUT2D eigenvalue weighted by molar-refractivity contribution is 6.17. The van der Waals surface area contributed by atoms with Crippen molar-refractivity contribution >= 4 is 17.4 Å². The van der Waals surface area contributed by atoms with Crippen LogP contribution in [0.4, 0.5) is 5.69 Å². The number of nitrogens with two attached hydrogens (primary N) is 1. The van der Waals surface area contributed by atoms with Crippen molar-refractivity contribution in [3.8, 4) is 0 Å². The van der Waals surface area contributed by atoms with Gasteiger partial charge in [0, 0.05) is 11.3 Å². The summed E-state index contributed by atoms with van der Waals surface area (Å²) in [6.45, 7) is 0.660. The van der Waals surface area contributed by atoms with Crippen LogP contribution in [-0.4, -0.2) is 18.3 Å². The standard InChI is InChI=1S/C23H19N3O/c24-22(27)18-10-4-5-11-19(18)23-25-14-21-17-9-3-1-7-15(17)13-16-8-2-6-12-20(16)26(21)23/h1-12,21H,13-14H2,(H2,24,27). The molecule has 0 aliphatic carbocycles. The average Bonchev–Trinajstić information content (AvgIpc) is 3.07. The second kappa shape index (κ2) is 6.09. The lowest BCUT2D eigenvalue weighted by molar-refractivity contribution is 0.1000. The van der Waals surface area contributed by atoms with E-state index in [0.29, 0.717) is 12.1 Å². The number of anilines is 1. The molecule has 3 aromatic rings. The SMILES string of the molecule is NC(=O)c1ccccc1C1=NCC2c3ccccc3Cc3ccccc3N12. The van der Waals surface area contributed by atoms with E-state index >= 15 is 0 Å². The molecule has 0 spiro atoms. The summed E-state index contributed by atoms with van der Waals surface area (Å²) in [6.07, 6.45) is 0.893. The Balaban J connectivity index is 1.73. The maximum absolute atomic E-state index is 12.0. The molecule has 0 aromatic heterocycles. The lowest BCUT2D eigenvalue weighted by atomic mass is 9.97. The predicted molar refractivity (Wildman–Crippen MR) is 107 cm³/mol. The minimum absolute atomic E-state index is 0.126. The van der Waals surface area contributed by atoms with Crippen molar-refractivity contribution in [2.45, 2.75) is 12.5 Å². The molecular weight excluding hydrogens is 334 g/mol. The second-order valence-electron chi connectivity index (χ2n) is 6.96. The predicted octanol–water partition coefficient (Wildman–Crippen LogP) is 3.70. The smallest absolute Gasteiger partial charge is 0.249 e. The van der Waals surface area contributed by atoms with Gasteiger partial charge in [-0.1, -0.05) is 60.7 Å². The van der Waals surface area contributed by atoms with Crippen LogP contribution in [0.25, 0.3) is 0 Å². The van der Waals surface area contributed by atoms with Crippen molar-refractivity contribution in [2.24, 2.45) is 10.7 Å². The molecule has 0 bridgehead atoms. The Morgan fingerprint density at radius 1 is 0.926 bits per heavy atom. The molecule has 4 heteroatoms. The van der Waals surface area contributed by atoms with E-state index in [1.165, 1.54) is 16.7 Å². The first-order valence-corrected chi connectivity index (χ1v) is 9.12. The van der Waals surface area contributed by atoms with Crippen LogP contribution in [0, 0.1) is 0 Å². The van der Waals surface area contributed by atoms with Gasteiger partial charge in [0.25, 0.3) is 0 Å². The maximum Gasteiger partial charge on any atom is 0.249 e. The van der Waals surface area contributed by atoms with Crippen molar-refractivity contribution in [3.05, 3.63) is 101 Å². The summed E-state index contributed by atoms with van der Waals surface area (Å²) in [5.41, 5.74) is 12.0. The summed E-state index contributed by atoms with van der Waals surface area (Å²) in [5.74, 6) is 0.388. The number of primary amides is 1. The number of hydrogen-bond donors (Lipinski definition) is 1. The number of carbonyl (C=O) groups is 1. The fourth-order valence-electron chi connectivity index (χ4n) is 4.23. The number of amidine groups is 1. The highest BCUT2D eigenvalue weighted by Crippen LogP contribution is 2.41. The number of amides is 1. The van der Waals surface area contributed by atoms with Gasteiger partial charge >= 0.3 is 0 Å². The zero-order valence-corrected chi connectivity index (χ0v) is 14.8. The molecule has 5 rings (SSSR count). The minimum Gasteiger partial charge on any atom is -0.366 e. The van der Waals surface area contributed by atoms with Crippen molar-refractivity contribution in [2.75, 3.05) is 11.4 Å². The molecule has 2 N–H and O–H groups in total. The Hall–Kier alpha value is -3.40. The van der Waals surface area contributed by atoms with Crippen LogP contribution >= 0.6 is 0 Å². The zero-order chi connectivity index (χ0) is 18.4. The van der Waals surface area contributed by atoms with Gasteiger partial charge in [-0.05, 0) is 35.2 Å². The summed E-state index contributed by atoms with van der Waals surface area (Å²) >= 11 is 0. The van der Waals surface area contributed by atoms with Crippen LogP contribution in [0.1, 0.15) is 38.7 Å². The Morgan fingerprint density at radius 2 is 1.63 bits per heavy atom. The van der Waals surface area contributed by atoms with Gasteiger partial charge in [-0.3, -0.25) is 9.79 Å². The average molecular weight is 353 g/mol. The lowest BCUT2D eigenvalue weighted by Gasteiger charge is -2.29.